The first-order valence-corrected chi connectivity index (χ1v) is 11.3. The summed E-state index contributed by atoms with van der Waals surface area (Å²) in [4.78, 5) is 23.9. The van der Waals surface area contributed by atoms with Crippen LogP contribution >= 0.6 is 19.6 Å². The number of ether oxygens (including phenoxy) is 2. The first-order valence-electron chi connectivity index (χ1n) is 9.02. The Morgan fingerprint density at radius 1 is 1.33 bits per heavy atom. The van der Waals surface area contributed by atoms with E-state index in [4.69, 9.17) is 24.3 Å². The molecule has 5 rings (SSSR count). The molecule has 2 aromatic heterocycles. The van der Waals surface area contributed by atoms with Crippen molar-refractivity contribution in [3.63, 3.8) is 0 Å². The lowest BCUT2D eigenvalue weighted by atomic mass is 10.1. The van der Waals surface area contributed by atoms with E-state index >= 15 is 0 Å². The maximum atomic E-state index is 11.8. The summed E-state index contributed by atoms with van der Waals surface area (Å²) in [5.74, 6) is 0.237. The maximum absolute atomic E-state index is 11.8. The molecule has 158 valence electrons. The monoisotopic (exact) mass is 451 g/mol. The maximum Gasteiger partial charge on any atom is 0.472 e. The van der Waals surface area contributed by atoms with Crippen molar-refractivity contribution in [1.82, 2.24) is 19.5 Å². The number of fused-ring (bicyclic) bond motifs is 2. The molecule has 3 N–H and O–H groups in total. The summed E-state index contributed by atoms with van der Waals surface area (Å²) in [6.45, 7) is -0.0896. The average Bonchev–Trinajstić information content (AvgIpc) is 3.28. The third-order valence-electron chi connectivity index (χ3n) is 4.87. The summed E-state index contributed by atoms with van der Waals surface area (Å²) >= 11 is 1.37. The van der Waals surface area contributed by atoms with E-state index in [0.29, 0.717) is 16.3 Å². The molecule has 2 saturated heterocycles. The minimum absolute atomic E-state index is 0.0896. The molecule has 0 radical (unpaired) electrons. The van der Waals surface area contributed by atoms with Crippen LogP contribution in [-0.4, -0.2) is 56.4 Å². The van der Waals surface area contributed by atoms with Gasteiger partial charge < -0.3 is 20.1 Å². The molecular weight excluding hydrogens is 433 g/mol. The highest BCUT2D eigenvalue weighted by Crippen LogP contribution is 2.53. The second kappa shape index (κ2) is 7.57. The van der Waals surface area contributed by atoms with Gasteiger partial charge in [0.25, 0.3) is 0 Å². The molecular formula is C17H18N5O6PS. The van der Waals surface area contributed by atoms with Gasteiger partial charge in [-0.2, -0.15) is 0 Å². The number of nitrogens with zero attached hydrogens (tertiary/aromatic N) is 4. The molecule has 30 heavy (non-hydrogen) atoms. The molecule has 1 aromatic carbocycles. The van der Waals surface area contributed by atoms with E-state index < -0.39 is 32.4 Å². The number of methoxy groups -OCH3 is 1. The number of nitrogens with two attached hydrogens (primary N) is 1. The minimum Gasteiger partial charge on any atom is -0.382 e. The van der Waals surface area contributed by atoms with E-state index in [9.17, 15) is 9.46 Å². The molecule has 13 heteroatoms. The van der Waals surface area contributed by atoms with Crippen molar-refractivity contribution < 1.29 is 28.0 Å². The quantitative estimate of drug-likeness (QED) is 0.444. The van der Waals surface area contributed by atoms with E-state index in [2.05, 4.69) is 15.0 Å². The van der Waals surface area contributed by atoms with Crippen molar-refractivity contribution in [2.45, 2.75) is 34.6 Å². The Morgan fingerprint density at radius 3 is 2.90 bits per heavy atom. The zero-order valence-electron chi connectivity index (χ0n) is 15.7. The number of phosphoric ester groups is 1. The van der Waals surface area contributed by atoms with Crippen LogP contribution in [-0.2, 0) is 23.1 Å². The van der Waals surface area contributed by atoms with Gasteiger partial charge in [0, 0.05) is 12.0 Å². The van der Waals surface area contributed by atoms with Gasteiger partial charge in [0.2, 0.25) is 0 Å². The Hall–Kier alpha value is -2.05. The molecule has 2 fully saturated rings. The number of phosphoric acid groups is 1. The van der Waals surface area contributed by atoms with Crippen LogP contribution in [0.5, 0.6) is 0 Å². The highest BCUT2D eigenvalue weighted by Gasteiger charge is 2.53. The summed E-state index contributed by atoms with van der Waals surface area (Å²) in [6.07, 6.45) is -1.22. The fraction of sp³-hybridized carbons (Fsp3) is 0.353. The van der Waals surface area contributed by atoms with Gasteiger partial charge in [-0.1, -0.05) is 18.2 Å². The molecule has 5 unspecified atom stereocenters. The number of aromatic nitrogens is 4. The molecule has 2 aliphatic heterocycles. The van der Waals surface area contributed by atoms with Gasteiger partial charge in [0.15, 0.2) is 22.8 Å². The number of rotatable bonds is 4. The van der Waals surface area contributed by atoms with E-state index in [-0.39, 0.29) is 12.4 Å². The molecule has 0 spiro atoms. The average molecular weight is 451 g/mol. The molecule has 0 aliphatic carbocycles. The topological polar surface area (TPSA) is 144 Å². The van der Waals surface area contributed by atoms with Crippen LogP contribution in [0.3, 0.4) is 0 Å². The Kier molecular flexibility index (Phi) is 5.02. The fourth-order valence-electron chi connectivity index (χ4n) is 3.54. The normalized spacial score (nSPS) is 31.1. The summed E-state index contributed by atoms with van der Waals surface area (Å²) in [7, 11) is -2.67. The Bertz CT molecular complexity index is 1130. The van der Waals surface area contributed by atoms with Gasteiger partial charge in [0.1, 0.15) is 23.8 Å². The molecule has 0 bridgehead atoms. The molecule has 0 amide bonds. The number of benzene rings is 1. The molecule has 0 saturated carbocycles. The lowest BCUT2D eigenvalue weighted by Crippen LogP contribution is -2.40. The summed E-state index contributed by atoms with van der Waals surface area (Å²) in [6, 6.07) is 9.67. The van der Waals surface area contributed by atoms with Crippen LogP contribution in [0.2, 0.25) is 0 Å². The van der Waals surface area contributed by atoms with E-state index in [1.165, 1.54) is 25.2 Å². The Labute approximate surface area is 175 Å². The summed E-state index contributed by atoms with van der Waals surface area (Å²) in [5.41, 5.74) is 7.00. The fourth-order valence-corrected chi connectivity index (χ4v) is 5.28. The number of nitrogen functional groups attached to an aromatic ring is 1. The minimum atomic E-state index is -4.15. The van der Waals surface area contributed by atoms with Crippen LogP contribution in [0.15, 0.2) is 46.7 Å². The number of anilines is 1. The van der Waals surface area contributed by atoms with Crippen molar-refractivity contribution in [3.05, 3.63) is 36.7 Å². The van der Waals surface area contributed by atoms with Crippen molar-refractivity contribution in [2.75, 3.05) is 19.5 Å². The first kappa shape index (κ1) is 19.9. The Morgan fingerprint density at radius 2 is 2.13 bits per heavy atom. The first-order chi connectivity index (χ1) is 14.4. The lowest BCUT2D eigenvalue weighted by Gasteiger charge is -2.29. The smallest absolute Gasteiger partial charge is 0.382 e. The molecule has 3 aromatic rings. The van der Waals surface area contributed by atoms with Gasteiger partial charge in [-0.3, -0.25) is 13.6 Å². The Balaban J connectivity index is 1.52. The van der Waals surface area contributed by atoms with Crippen molar-refractivity contribution >= 4 is 36.6 Å². The molecule has 2 aliphatic rings. The number of hydrogen-bond donors (Lipinski definition) is 2. The lowest BCUT2D eigenvalue weighted by molar-refractivity contribution is -0.0667. The second-order valence-corrected chi connectivity index (χ2v) is 9.18. The zero-order chi connectivity index (χ0) is 20.9. The van der Waals surface area contributed by atoms with Crippen LogP contribution in [0.1, 0.15) is 6.23 Å². The van der Waals surface area contributed by atoms with Crippen LogP contribution in [0, 0.1) is 0 Å². The van der Waals surface area contributed by atoms with Gasteiger partial charge >= 0.3 is 7.82 Å². The number of imidazole rings is 1. The molecule has 5 atom stereocenters. The number of hydrogen-bond acceptors (Lipinski definition) is 10. The molecule has 4 heterocycles. The third-order valence-corrected chi connectivity index (χ3v) is 6.73. The predicted octanol–water partition coefficient (Wildman–Crippen LogP) is 1.99. The van der Waals surface area contributed by atoms with Gasteiger partial charge in [0.05, 0.1) is 12.9 Å². The van der Waals surface area contributed by atoms with Gasteiger partial charge in [-0.25, -0.2) is 19.5 Å². The molecule has 11 nitrogen and oxygen atoms in total. The van der Waals surface area contributed by atoms with Crippen molar-refractivity contribution in [2.24, 2.45) is 0 Å². The van der Waals surface area contributed by atoms with Gasteiger partial charge in [-0.05, 0) is 23.9 Å². The summed E-state index contributed by atoms with van der Waals surface area (Å²) < 4.78 is 35.2. The van der Waals surface area contributed by atoms with Gasteiger partial charge in [-0.15, -0.1) is 0 Å². The second-order valence-electron chi connectivity index (χ2n) is 6.73. The highest BCUT2D eigenvalue weighted by molar-refractivity contribution is 7.99. The van der Waals surface area contributed by atoms with Crippen LogP contribution < -0.4 is 5.73 Å². The zero-order valence-corrected chi connectivity index (χ0v) is 17.4. The van der Waals surface area contributed by atoms with E-state index in [1.54, 1.807) is 4.57 Å². The highest BCUT2D eigenvalue weighted by atomic mass is 32.2. The SMILES string of the molecule is COC1C2OP(=O)(O)OCC2OC1n1cnc2c(N)nc(Sc3ccccc3)nc21. The van der Waals surface area contributed by atoms with Crippen LogP contribution in [0.4, 0.5) is 5.82 Å². The summed E-state index contributed by atoms with van der Waals surface area (Å²) in [5, 5.41) is 0.455. The predicted molar refractivity (Wildman–Crippen MR) is 106 cm³/mol. The largest absolute Gasteiger partial charge is 0.472 e. The van der Waals surface area contributed by atoms with Crippen molar-refractivity contribution in [1.29, 1.82) is 0 Å². The van der Waals surface area contributed by atoms with E-state index in [0.717, 1.165) is 4.90 Å². The third kappa shape index (κ3) is 3.50. The standard InChI is InChI=1S/C17H18N5O6PS/c1-25-13-12-10(7-26-29(23,24)28-12)27-16(13)22-8-19-11-14(18)20-17(21-15(11)22)30-9-5-3-2-4-6-9/h2-6,8,10,12-13,16H,7H2,1H3,(H,23,24)(H2,18,20,21). The van der Waals surface area contributed by atoms with Crippen molar-refractivity contribution in [3.8, 4) is 0 Å². The van der Waals surface area contributed by atoms with Crippen LogP contribution in [0.25, 0.3) is 11.2 Å². The van der Waals surface area contributed by atoms with E-state index in [1.807, 2.05) is 30.3 Å².